The van der Waals surface area contributed by atoms with E-state index in [1.54, 1.807) is 0 Å². The van der Waals surface area contributed by atoms with Crippen LogP contribution in [0.15, 0.2) is 30.3 Å². The van der Waals surface area contributed by atoms with E-state index in [-0.39, 0.29) is 5.97 Å². The van der Waals surface area contributed by atoms with Gasteiger partial charge in [0.2, 0.25) is 0 Å². The molecule has 0 bridgehead atoms. The van der Waals surface area contributed by atoms with Gasteiger partial charge in [-0.05, 0) is 31.4 Å². The van der Waals surface area contributed by atoms with Crippen molar-refractivity contribution in [3.8, 4) is 11.1 Å². The molecule has 0 saturated carbocycles. The third kappa shape index (κ3) is 3.13. The molecule has 0 radical (unpaired) electrons. The molecule has 0 unspecified atom stereocenters. The lowest BCUT2D eigenvalue weighted by molar-refractivity contribution is 0.0599. The highest BCUT2D eigenvalue weighted by Gasteiger charge is 2.17. The molecule has 0 saturated heterocycles. The third-order valence-corrected chi connectivity index (χ3v) is 3.62. The second-order valence-corrected chi connectivity index (χ2v) is 5.04. The Kier molecular flexibility index (Phi) is 4.73. The molecule has 1 aromatic heterocycles. The molecular formula is C18H21NO2. The molecule has 3 nitrogen and oxygen atoms in total. The van der Waals surface area contributed by atoms with Gasteiger partial charge in [0.25, 0.3) is 0 Å². The van der Waals surface area contributed by atoms with Crippen LogP contribution >= 0.6 is 0 Å². The summed E-state index contributed by atoms with van der Waals surface area (Å²) in [6.45, 7) is 6.14. The molecule has 0 amide bonds. The SMILES string of the molecule is CCc1nc(CC)c(-c2ccc(C)cc2)cc1C(=O)OC. The number of ether oxygens (including phenoxy) is 1. The monoisotopic (exact) mass is 283 g/mol. The standard InChI is InChI=1S/C18H21NO2/c1-5-16-14(13-9-7-12(3)8-10-13)11-15(18(20)21-4)17(6-2)19-16/h7-11H,5-6H2,1-4H3. The molecule has 1 heterocycles. The van der Waals surface area contributed by atoms with Crippen LogP contribution in [0.4, 0.5) is 0 Å². The summed E-state index contributed by atoms with van der Waals surface area (Å²) in [5.74, 6) is -0.324. The normalized spacial score (nSPS) is 10.5. The van der Waals surface area contributed by atoms with Crippen molar-refractivity contribution in [1.29, 1.82) is 0 Å². The van der Waals surface area contributed by atoms with E-state index in [0.29, 0.717) is 12.0 Å². The zero-order chi connectivity index (χ0) is 15.4. The Morgan fingerprint density at radius 3 is 2.24 bits per heavy atom. The second kappa shape index (κ2) is 6.53. The van der Waals surface area contributed by atoms with Crippen LogP contribution in [0.1, 0.15) is 41.2 Å². The summed E-state index contributed by atoms with van der Waals surface area (Å²) < 4.78 is 4.88. The molecule has 0 aliphatic carbocycles. The zero-order valence-electron chi connectivity index (χ0n) is 13.1. The fraction of sp³-hybridized carbons (Fsp3) is 0.333. The highest BCUT2D eigenvalue weighted by atomic mass is 16.5. The maximum absolute atomic E-state index is 12.0. The van der Waals surface area contributed by atoms with E-state index in [1.807, 2.05) is 13.0 Å². The van der Waals surface area contributed by atoms with Gasteiger partial charge in [-0.2, -0.15) is 0 Å². The van der Waals surface area contributed by atoms with E-state index in [0.717, 1.165) is 28.9 Å². The van der Waals surface area contributed by atoms with Gasteiger partial charge in [-0.1, -0.05) is 43.7 Å². The average Bonchev–Trinajstić information content (AvgIpc) is 2.53. The molecule has 3 heteroatoms. The molecule has 2 rings (SSSR count). The van der Waals surface area contributed by atoms with E-state index < -0.39 is 0 Å². The molecule has 110 valence electrons. The molecule has 2 aromatic rings. The van der Waals surface area contributed by atoms with Gasteiger partial charge in [0.1, 0.15) is 0 Å². The quantitative estimate of drug-likeness (QED) is 0.797. The van der Waals surface area contributed by atoms with Gasteiger partial charge in [-0.25, -0.2) is 4.79 Å². The van der Waals surface area contributed by atoms with E-state index in [2.05, 4.69) is 43.1 Å². The summed E-state index contributed by atoms with van der Waals surface area (Å²) in [5, 5.41) is 0. The maximum atomic E-state index is 12.0. The van der Waals surface area contributed by atoms with Gasteiger partial charge in [0, 0.05) is 11.3 Å². The largest absolute Gasteiger partial charge is 0.465 e. The number of benzene rings is 1. The Labute approximate surface area is 126 Å². The van der Waals surface area contributed by atoms with Crippen molar-refractivity contribution in [3.05, 3.63) is 52.8 Å². The Hall–Kier alpha value is -2.16. The van der Waals surface area contributed by atoms with Crippen LogP contribution in [0.25, 0.3) is 11.1 Å². The maximum Gasteiger partial charge on any atom is 0.339 e. The molecule has 0 aliphatic heterocycles. The number of hydrogen-bond donors (Lipinski definition) is 0. The minimum Gasteiger partial charge on any atom is -0.465 e. The number of hydrogen-bond acceptors (Lipinski definition) is 3. The van der Waals surface area contributed by atoms with Gasteiger partial charge in [-0.3, -0.25) is 4.98 Å². The van der Waals surface area contributed by atoms with Crippen LogP contribution in [0.2, 0.25) is 0 Å². The van der Waals surface area contributed by atoms with E-state index in [9.17, 15) is 4.79 Å². The predicted molar refractivity (Wildman–Crippen MR) is 84.5 cm³/mol. The molecule has 0 atom stereocenters. The van der Waals surface area contributed by atoms with Crippen molar-refractivity contribution in [1.82, 2.24) is 4.98 Å². The summed E-state index contributed by atoms with van der Waals surface area (Å²) in [5.41, 5.74) is 5.68. The number of esters is 1. The fourth-order valence-electron chi connectivity index (χ4n) is 2.40. The first-order chi connectivity index (χ1) is 10.1. The number of aryl methyl sites for hydroxylation is 3. The Bertz CT molecular complexity index is 645. The summed E-state index contributed by atoms with van der Waals surface area (Å²) in [4.78, 5) is 16.6. The number of carbonyl (C=O) groups is 1. The third-order valence-electron chi connectivity index (χ3n) is 3.62. The predicted octanol–water partition coefficient (Wildman–Crippen LogP) is 3.97. The molecule has 1 aromatic carbocycles. The Morgan fingerprint density at radius 2 is 1.71 bits per heavy atom. The van der Waals surface area contributed by atoms with Crippen molar-refractivity contribution < 1.29 is 9.53 Å². The van der Waals surface area contributed by atoms with Crippen molar-refractivity contribution >= 4 is 5.97 Å². The van der Waals surface area contributed by atoms with Crippen molar-refractivity contribution in [2.24, 2.45) is 0 Å². The molecule has 21 heavy (non-hydrogen) atoms. The minimum absolute atomic E-state index is 0.324. The topological polar surface area (TPSA) is 39.2 Å². The van der Waals surface area contributed by atoms with Crippen molar-refractivity contribution in [3.63, 3.8) is 0 Å². The molecule has 0 spiro atoms. The van der Waals surface area contributed by atoms with Gasteiger partial charge < -0.3 is 4.74 Å². The zero-order valence-corrected chi connectivity index (χ0v) is 13.1. The first kappa shape index (κ1) is 15.2. The van der Waals surface area contributed by atoms with Gasteiger partial charge in [0.15, 0.2) is 0 Å². The first-order valence-electron chi connectivity index (χ1n) is 7.28. The summed E-state index contributed by atoms with van der Waals surface area (Å²) >= 11 is 0. The number of aromatic nitrogens is 1. The minimum atomic E-state index is -0.324. The van der Waals surface area contributed by atoms with Gasteiger partial charge in [0.05, 0.1) is 18.4 Å². The summed E-state index contributed by atoms with van der Waals surface area (Å²) in [7, 11) is 1.40. The van der Waals surface area contributed by atoms with Crippen molar-refractivity contribution in [2.75, 3.05) is 7.11 Å². The summed E-state index contributed by atoms with van der Waals surface area (Å²) in [6, 6.07) is 10.2. The van der Waals surface area contributed by atoms with Crippen LogP contribution in [0.5, 0.6) is 0 Å². The van der Waals surface area contributed by atoms with Crippen LogP contribution in [-0.2, 0) is 17.6 Å². The Morgan fingerprint density at radius 1 is 1.10 bits per heavy atom. The van der Waals surface area contributed by atoms with Crippen LogP contribution in [0, 0.1) is 6.92 Å². The van der Waals surface area contributed by atoms with Crippen LogP contribution in [0.3, 0.4) is 0 Å². The fourth-order valence-corrected chi connectivity index (χ4v) is 2.40. The lowest BCUT2D eigenvalue weighted by atomic mass is 9.97. The highest BCUT2D eigenvalue weighted by Crippen LogP contribution is 2.26. The first-order valence-corrected chi connectivity index (χ1v) is 7.28. The molecule has 0 aliphatic rings. The molecule has 0 N–H and O–H groups in total. The van der Waals surface area contributed by atoms with Crippen LogP contribution < -0.4 is 0 Å². The molecular weight excluding hydrogens is 262 g/mol. The lowest BCUT2D eigenvalue weighted by Crippen LogP contribution is -2.10. The lowest BCUT2D eigenvalue weighted by Gasteiger charge is -2.13. The van der Waals surface area contributed by atoms with Crippen LogP contribution in [-0.4, -0.2) is 18.1 Å². The highest BCUT2D eigenvalue weighted by molar-refractivity contribution is 5.92. The number of carbonyl (C=O) groups excluding carboxylic acids is 1. The number of rotatable bonds is 4. The molecule has 0 fully saturated rings. The second-order valence-electron chi connectivity index (χ2n) is 5.04. The number of pyridine rings is 1. The summed E-state index contributed by atoms with van der Waals surface area (Å²) in [6.07, 6.45) is 1.54. The number of methoxy groups -OCH3 is 1. The smallest absolute Gasteiger partial charge is 0.339 e. The van der Waals surface area contributed by atoms with E-state index in [1.165, 1.54) is 12.7 Å². The van der Waals surface area contributed by atoms with Gasteiger partial charge in [-0.15, -0.1) is 0 Å². The van der Waals surface area contributed by atoms with E-state index in [4.69, 9.17) is 4.74 Å². The van der Waals surface area contributed by atoms with E-state index >= 15 is 0 Å². The number of nitrogens with zero attached hydrogens (tertiary/aromatic N) is 1. The Balaban J connectivity index is 2.63. The van der Waals surface area contributed by atoms with Crippen molar-refractivity contribution in [2.45, 2.75) is 33.6 Å². The van der Waals surface area contributed by atoms with Gasteiger partial charge >= 0.3 is 5.97 Å². The average molecular weight is 283 g/mol.